The third-order valence-electron chi connectivity index (χ3n) is 5.06. The monoisotopic (exact) mass is 428 g/mol. The molecule has 0 fully saturated rings. The summed E-state index contributed by atoms with van der Waals surface area (Å²) in [6.07, 6.45) is 7.35. The van der Waals surface area contributed by atoms with Crippen LogP contribution in [-0.4, -0.2) is 6.79 Å². The average Bonchev–Trinajstić information content (AvgIpc) is 2.85. The Bertz CT molecular complexity index is 907. The molecule has 0 bridgehead atoms. The van der Waals surface area contributed by atoms with Gasteiger partial charge in [-0.3, -0.25) is 0 Å². The fourth-order valence-electron chi connectivity index (χ4n) is 3.35. The van der Waals surface area contributed by atoms with Crippen molar-refractivity contribution in [3.05, 3.63) is 132 Å². The third kappa shape index (κ3) is 8.95. The van der Waals surface area contributed by atoms with E-state index < -0.39 is 0 Å². The molecule has 3 aromatic rings. The van der Waals surface area contributed by atoms with Crippen LogP contribution in [0.5, 0.6) is 0 Å². The molecule has 0 aliphatic rings. The molecule has 0 heterocycles. The molecule has 0 N–H and O–H groups in total. The van der Waals surface area contributed by atoms with E-state index in [2.05, 4.69) is 86.0 Å². The van der Waals surface area contributed by atoms with Crippen LogP contribution in [0.1, 0.15) is 53.6 Å². The van der Waals surface area contributed by atoms with Crippen LogP contribution >= 0.6 is 0 Å². The lowest BCUT2D eigenvalue weighted by molar-refractivity contribution is -0.0202. The van der Waals surface area contributed by atoms with Crippen molar-refractivity contribution in [2.24, 2.45) is 0 Å². The zero-order valence-electron chi connectivity index (χ0n) is 19.6. The maximum absolute atomic E-state index is 5.41. The highest BCUT2D eigenvalue weighted by atomic mass is 16.7. The molecular weight excluding hydrogens is 392 g/mol. The number of ether oxygens (including phenoxy) is 2. The summed E-state index contributed by atoms with van der Waals surface area (Å²) < 4.78 is 10.4. The molecule has 0 radical (unpaired) electrons. The molecule has 168 valence electrons. The van der Waals surface area contributed by atoms with Gasteiger partial charge in [-0.05, 0) is 59.1 Å². The Morgan fingerprint density at radius 2 is 1.03 bits per heavy atom. The Hall–Kier alpha value is -3.10. The fraction of sp³-hybridized carbons (Fsp3) is 0.267. The van der Waals surface area contributed by atoms with Gasteiger partial charge >= 0.3 is 0 Å². The van der Waals surface area contributed by atoms with E-state index in [-0.39, 0.29) is 6.79 Å². The normalized spacial score (nSPS) is 10.1. The summed E-state index contributed by atoms with van der Waals surface area (Å²) in [5.74, 6) is 0. The van der Waals surface area contributed by atoms with Crippen molar-refractivity contribution < 1.29 is 9.47 Å². The SMILES string of the molecule is C=CCCc1ccc(Cc2ccc(Cc3ccc(COCOC=C)cc3)cc2)cc1.CC. The fourth-order valence-corrected chi connectivity index (χ4v) is 3.35. The quantitative estimate of drug-likeness (QED) is 0.128. The minimum Gasteiger partial charge on any atom is -0.476 e. The van der Waals surface area contributed by atoms with Gasteiger partial charge in [-0.25, -0.2) is 0 Å². The molecule has 32 heavy (non-hydrogen) atoms. The van der Waals surface area contributed by atoms with Gasteiger partial charge in [-0.15, -0.1) is 6.58 Å². The lowest BCUT2D eigenvalue weighted by atomic mass is 9.99. The topological polar surface area (TPSA) is 18.5 Å². The summed E-state index contributed by atoms with van der Waals surface area (Å²) >= 11 is 0. The van der Waals surface area contributed by atoms with Crippen molar-refractivity contribution in [3.63, 3.8) is 0 Å². The highest BCUT2D eigenvalue weighted by Crippen LogP contribution is 2.16. The van der Waals surface area contributed by atoms with Crippen LogP contribution in [0.2, 0.25) is 0 Å². The maximum Gasteiger partial charge on any atom is 0.188 e. The predicted molar refractivity (Wildman–Crippen MR) is 136 cm³/mol. The number of hydrogen-bond acceptors (Lipinski definition) is 2. The Morgan fingerprint density at radius 1 is 0.625 bits per heavy atom. The molecule has 0 aliphatic heterocycles. The van der Waals surface area contributed by atoms with Crippen molar-refractivity contribution in [2.75, 3.05) is 6.79 Å². The first-order valence-corrected chi connectivity index (χ1v) is 11.4. The van der Waals surface area contributed by atoms with Gasteiger partial charge in [0.25, 0.3) is 0 Å². The van der Waals surface area contributed by atoms with Gasteiger partial charge in [-0.1, -0.05) is 99.3 Å². The van der Waals surface area contributed by atoms with Crippen LogP contribution in [0.4, 0.5) is 0 Å². The number of aryl methyl sites for hydroxylation is 1. The second-order valence-corrected chi connectivity index (χ2v) is 7.43. The molecule has 0 atom stereocenters. The van der Waals surface area contributed by atoms with E-state index in [4.69, 9.17) is 9.47 Å². The molecule has 0 saturated carbocycles. The van der Waals surface area contributed by atoms with Crippen LogP contribution in [0, 0.1) is 0 Å². The summed E-state index contributed by atoms with van der Waals surface area (Å²) in [7, 11) is 0. The van der Waals surface area contributed by atoms with Gasteiger partial charge in [0, 0.05) is 0 Å². The first-order valence-electron chi connectivity index (χ1n) is 11.4. The third-order valence-corrected chi connectivity index (χ3v) is 5.06. The van der Waals surface area contributed by atoms with Gasteiger partial charge in [0.2, 0.25) is 0 Å². The highest BCUT2D eigenvalue weighted by molar-refractivity contribution is 5.33. The van der Waals surface area contributed by atoms with Crippen molar-refractivity contribution >= 4 is 0 Å². The molecule has 0 saturated heterocycles. The van der Waals surface area contributed by atoms with E-state index in [1.165, 1.54) is 34.1 Å². The van der Waals surface area contributed by atoms with Gasteiger partial charge < -0.3 is 9.47 Å². The van der Waals surface area contributed by atoms with E-state index in [1.54, 1.807) is 0 Å². The first kappa shape index (κ1) is 25.2. The number of rotatable bonds is 12. The van der Waals surface area contributed by atoms with Crippen LogP contribution in [-0.2, 0) is 35.3 Å². The first-order chi connectivity index (χ1) is 15.8. The van der Waals surface area contributed by atoms with Crippen molar-refractivity contribution in [1.29, 1.82) is 0 Å². The lowest BCUT2D eigenvalue weighted by Crippen LogP contribution is -1.97. The van der Waals surface area contributed by atoms with E-state index in [0.717, 1.165) is 31.2 Å². The number of hydrogen-bond donors (Lipinski definition) is 0. The van der Waals surface area contributed by atoms with Crippen molar-refractivity contribution in [3.8, 4) is 0 Å². The zero-order chi connectivity index (χ0) is 23.0. The zero-order valence-corrected chi connectivity index (χ0v) is 19.6. The minimum atomic E-state index is 0.233. The van der Waals surface area contributed by atoms with Crippen LogP contribution in [0.3, 0.4) is 0 Å². The summed E-state index contributed by atoms with van der Waals surface area (Å²) in [5.41, 5.74) is 7.81. The largest absolute Gasteiger partial charge is 0.476 e. The van der Waals surface area contributed by atoms with Crippen LogP contribution in [0.25, 0.3) is 0 Å². The summed E-state index contributed by atoms with van der Waals surface area (Å²) in [6, 6.07) is 26.4. The van der Waals surface area contributed by atoms with Crippen molar-refractivity contribution in [1.82, 2.24) is 0 Å². The highest BCUT2D eigenvalue weighted by Gasteiger charge is 2.01. The Morgan fingerprint density at radius 3 is 1.44 bits per heavy atom. The summed E-state index contributed by atoms with van der Waals surface area (Å²) in [4.78, 5) is 0. The lowest BCUT2D eigenvalue weighted by Gasteiger charge is -2.08. The minimum absolute atomic E-state index is 0.233. The Kier molecular flexibility index (Phi) is 11.7. The predicted octanol–water partition coefficient (Wildman–Crippen LogP) is 7.65. The van der Waals surface area contributed by atoms with E-state index in [9.17, 15) is 0 Å². The molecule has 2 heteroatoms. The average molecular weight is 429 g/mol. The van der Waals surface area contributed by atoms with Gasteiger partial charge in [0.15, 0.2) is 6.79 Å². The summed E-state index contributed by atoms with van der Waals surface area (Å²) in [5, 5.41) is 0. The maximum atomic E-state index is 5.41. The molecule has 3 rings (SSSR count). The Labute approximate surface area is 194 Å². The molecule has 2 nitrogen and oxygen atoms in total. The van der Waals surface area contributed by atoms with E-state index in [1.807, 2.05) is 19.9 Å². The molecule has 0 aromatic heterocycles. The van der Waals surface area contributed by atoms with Gasteiger partial charge in [0.05, 0.1) is 12.9 Å². The second-order valence-electron chi connectivity index (χ2n) is 7.43. The van der Waals surface area contributed by atoms with E-state index >= 15 is 0 Å². The van der Waals surface area contributed by atoms with Crippen LogP contribution in [0.15, 0.2) is 98.3 Å². The molecular formula is C30H36O2. The number of benzene rings is 3. The second kappa shape index (κ2) is 14.8. The van der Waals surface area contributed by atoms with Gasteiger partial charge in [-0.2, -0.15) is 0 Å². The molecule has 0 unspecified atom stereocenters. The molecule has 3 aromatic carbocycles. The van der Waals surface area contributed by atoms with E-state index in [0.29, 0.717) is 6.61 Å². The molecule has 0 amide bonds. The molecule has 0 aliphatic carbocycles. The Balaban J connectivity index is 0.00000176. The summed E-state index contributed by atoms with van der Waals surface area (Å²) in [6.45, 7) is 12.1. The smallest absolute Gasteiger partial charge is 0.188 e. The number of allylic oxidation sites excluding steroid dienone is 1. The van der Waals surface area contributed by atoms with Crippen LogP contribution < -0.4 is 0 Å². The van der Waals surface area contributed by atoms with Gasteiger partial charge in [0.1, 0.15) is 0 Å². The molecule has 0 spiro atoms. The standard InChI is InChI=1S/C28H30O2.C2H6/c1-3-5-6-23-7-9-24(10-8-23)19-25-11-13-26(14-12-25)20-27-15-17-28(18-16-27)21-30-22-29-4-2;1-2/h3-4,7-18H,1-2,5-6,19-22H2;1-2H3. The van der Waals surface area contributed by atoms with Crippen molar-refractivity contribution in [2.45, 2.75) is 46.1 Å².